The maximum Gasteiger partial charge on any atom is 0.257 e. The van der Waals surface area contributed by atoms with Crippen LogP contribution in [-0.4, -0.2) is 13.3 Å². The normalized spacial score (nSPS) is 14.2. The highest BCUT2D eigenvalue weighted by Gasteiger charge is 2.05. The first-order valence-electron chi connectivity index (χ1n) is 6.21. The number of unbranched alkanes of at least 4 members (excludes halogenated alkanes) is 3. The van der Waals surface area contributed by atoms with Crippen molar-refractivity contribution in [2.75, 3.05) is 0 Å². The SMILES string of the molecule is CCCCCCc1cccc(C[S+]=S(=O)([O-])O)c1. The Kier molecular flexibility index (Phi) is 6.78. The van der Waals surface area contributed by atoms with Crippen LogP contribution in [0.4, 0.5) is 0 Å². The number of rotatable bonds is 7. The van der Waals surface area contributed by atoms with Gasteiger partial charge in [-0.2, -0.15) is 4.21 Å². The van der Waals surface area contributed by atoms with Gasteiger partial charge < -0.3 is 4.55 Å². The average molecular weight is 288 g/mol. The van der Waals surface area contributed by atoms with Gasteiger partial charge in [0.25, 0.3) is 19.4 Å². The van der Waals surface area contributed by atoms with E-state index in [1.807, 2.05) is 18.2 Å². The molecule has 0 fully saturated rings. The zero-order valence-electron chi connectivity index (χ0n) is 10.6. The lowest BCUT2D eigenvalue weighted by molar-refractivity contribution is 0.432. The van der Waals surface area contributed by atoms with E-state index in [2.05, 4.69) is 13.0 Å². The van der Waals surface area contributed by atoms with Gasteiger partial charge in [0.05, 0.1) is 0 Å². The second-order valence-corrected chi connectivity index (χ2v) is 7.67. The molecule has 0 aromatic heterocycles. The Hall–Kier alpha value is -0.490. The summed E-state index contributed by atoms with van der Waals surface area (Å²) in [6, 6.07) is 7.90. The summed E-state index contributed by atoms with van der Waals surface area (Å²) in [5.74, 6) is 0.293. The molecule has 0 radical (unpaired) electrons. The number of hydrogen-bond acceptors (Lipinski definition) is 2. The third-order valence-corrected chi connectivity index (χ3v) is 4.68. The van der Waals surface area contributed by atoms with E-state index in [0.717, 1.165) is 12.0 Å². The van der Waals surface area contributed by atoms with E-state index in [4.69, 9.17) is 4.55 Å². The summed E-state index contributed by atoms with van der Waals surface area (Å²) in [6.45, 7) is 2.19. The summed E-state index contributed by atoms with van der Waals surface area (Å²) in [4.78, 5) is 0. The summed E-state index contributed by atoms with van der Waals surface area (Å²) in [7, 11) is -3.39. The van der Waals surface area contributed by atoms with Crippen molar-refractivity contribution in [1.29, 1.82) is 0 Å². The fourth-order valence-corrected chi connectivity index (χ4v) is 3.09. The highest BCUT2D eigenvalue weighted by Crippen LogP contribution is 2.11. The monoisotopic (exact) mass is 288 g/mol. The molecule has 0 aliphatic rings. The van der Waals surface area contributed by atoms with Gasteiger partial charge in [-0.15, -0.1) is 0 Å². The first-order chi connectivity index (χ1) is 8.51. The standard InChI is InChI=1S/C13H20O3S2/c1-2-3-4-5-7-12-8-6-9-13(10-12)11-17-18(14,15)16/h6,8-10H,2-5,7,11H2,1H3,(H-,14,15,16). The maximum absolute atomic E-state index is 10.7. The van der Waals surface area contributed by atoms with Crippen LogP contribution in [0.2, 0.25) is 0 Å². The lowest BCUT2D eigenvalue weighted by atomic mass is 10.0. The number of hydrogen-bond donors (Lipinski definition) is 1. The molecule has 0 amide bonds. The fraction of sp³-hybridized carbons (Fsp3) is 0.538. The van der Waals surface area contributed by atoms with E-state index in [-0.39, 0.29) is 0 Å². The highest BCUT2D eigenvalue weighted by atomic mass is 32.9. The minimum absolute atomic E-state index is 0.293. The van der Waals surface area contributed by atoms with Crippen molar-refractivity contribution in [3.8, 4) is 0 Å². The molecule has 102 valence electrons. The summed E-state index contributed by atoms with van der Waals surface area (Å²) in [6.07, 6.45) is 5.93. The highest BCUT2D eigenvalue weighted by molar-refractivity contribution is 8.33. The van der Waals surface area contributed by atoms with Crippen LogP contribution < -0.4 is 0 Å². The van der Waals surface area contributed by atoms with Crippen LogP contribution in [0.5, 0.6) is 0 Å². The first-order valence-corrected chi connectivity index (χ1v) is 9.15. The Balaban J connectivity index is 2.54. The molecule has 0 bridgehead atoms. The minimum Gasteiger partial charge on any atom is -0.712 e. The summed E-state index contributed by atoms with van der Waals surface area (Å²) in [5.41, 5.74) is 2.17. The molecule has 1 atom stereocenters. The fourth-order valence-electron chi connectivity index (χ4n) is 1.77. The third-order valence-electron chi connectivity index (χ3n) is 2.68. The predicted octanol–water partition coefficient (Wildman–Crippen LogP) is 3.19. The van der Waals surface area contributed by atoms with Crippen LogP contribution in [0.15, 0.2) is 24.3 Å². The Morgan fingerprint density at radius 1 is 1.28 bits per heavy atom. The van der Waals surface area contributed by atoms with Crippen molar-refractivity contribution >= 4 is 19.4 Å². The van der Waals surface area contributed by atoms with Crippen molar-refractivity contribution in [1.82, 2.24) is 0 Å². The Bertz CT molecular complexity index is 469. The largest absolute Gasteiger partial charge is 0.712 e. The lowest BCUT2D eigenvalue weighted by Crippen LogP contribution is -1.98. The quantitative estimate of drug-likeness (QED) is 0.619. The van der Waals surface area contributed by atoms with Crippen molar-refractivity contribution < 1.29 is 13.3 Å². The van der Waals surface area contributed by atoms with E-state index in [1.54, 1.807) is 0 Å². The lowest BCUT2D eigenvalue weighted by Gasteiger charge is -2.02. The molecule has 1 rings (SSSR count). The molecule has 18 heavy (non-hydrogen) atoms. The molecular weight excluding hydrogens is 268 g/mol. The summed E-state index contributed by atoms with van der Waals surface area (Å²) >= 11 is 0. The molecule has 0 aliphatic carbocycles. The van der Waals surface area contributed by atoms with Crippen molar-refractivity contribution in [2.45, 2.75) is 44.8 Å². The number of aryl methyl sites for hydroxylation is 1. The van der Waals surface area contributed by atoms with Crippen LogP contribution in [-0.2, 0) is 31.5 Å². The van der Waals surface area contributed by atoms with Gasteiger partial charge in [0.15, 0.2) is 0 Å². The second kappa shape index (κ2) is 7.84. The van der Waals surface area contributed by atoms with Gasteiger partial charge in [0.2, 0.25) is 5.75 Å². The van der Waals surface area contributed by atoms with Gasteiger partial charge >= 0.3 is 0 Å². The first kappa shape index (κ1) is 15.6. The van der Waals surface area contributed by atoms with Crippen LogP contribution in [0.1, 0.15) is 43.7 Å². The second-order valence-electron chi connectivity index (χ2n) is 4.32. The van der Waals surface area contributed by atoms with E-state index < -0.39 is 9.05 Å². The Morgan fingerprint density at radius 2 is 2.00 bits per heavy atom. The zero-order chi connectivity index (χ0) is 13.4. The van der Waals surface area contributed by atoms with E-state index in [9.17, 15) is 8.76 Å². The van der Waals surface area contributed by atoms with Crippen molar-refractivity contribution in [3.63, 3.8) is 0 Å². The number of benzene rings is 1. The van der Waals surface area contributed by atoms with E-state index >= 15 is 0 Å². The molecule has 0 heterocycles. The molecule has 1 aromatic carbocycles. The van der Waals surface area contributed by atoms with Crippen LogP contribution >= 0.6 is 0 Å². The minimum atomic E-state index is -3.94. The summed E-state index contributed by atoms with van der Waals surface area (Å²) < 4.78 is 30.0. The topological polar surface area (TPSA) is 60.4 Å². The van der Waals surface area contributed by atoms with Gasteiger partial charge in [-0.25, -0.2) is 0 Å². The Morgan fingerprint density at radius 3 is 2.67 bits per heavy atom. The van der Waals surface area contributed by atoms with Crippen molar-refractivity contribution in [3.05, 3.63) is 35.4 Å². The molecule has 1 unspecified atom stereocenters. The van der Waals surface area contributed by atoms with Gasteiger partial charge in [0.1, 0.15) is 0 Å². The average Bonchev–Trinajstić information content (AvgIpc) is 2.32. The molecule has 1 N–H and O–H groups in total. The molecule has 0 aliphatic heterocycles. The smallest absolute Gasteiger partial charge is 0.257 e. The van der Waals surface area contributed by atoms with Crippen LogP contribution in [0.25, 0.3) is 0 Å². The molecule has 1 aromatic rings. The van der Waals surface area contributed by atoms with Crippen molar-refractivity contribution in [2.24, 2.45) is 0 Å². The predicted molar refractivity (Wildman–Crippen MR) is 76.9 cm³/mol. The summed E-state index contributed by atoms with van der Waals surface area (Å²) in [5, 5.41) is 0. The van der Waals surface area contributed by atoms with Gasteiger partial charge in [-0.3, -0.25) is 4.55 Å². The molecular formula is C13H20O3S2. The van der Waals surface area contributed by atoms with E-state index in [1.165, 1.54) is 31.2 Å². The molecule has 0 spiro atoms. The van der Waals surface area contributed by atoms with Gasteiger partial charge in [0, 0.05) is 5.56 Å². The molecule has 0 saturated carbocycles. The van der Waals surface area contributed by atoms with Crippen LogP contribution in [0, 0.1) is 0 Å². The molecule has 0 saturated heterocycles. The van der Waals surface area contributed by atoms with Crippen LogP contribution in [0.3, 0.4) is 0 Å². The maximum atomic E-state index is 10.7. The zero-order valence-corrected chi connectivity index (χ0v) is 12.3. The molecule has 5 heteroatoms. The van der Waals surface area contributed by atoms with Gasteiger partial charge in [-0.05, 0) is 18.4 Å². The van der Waals surface area contributed by atoms with Gasteiger partial charge in [-0.1, -0.05) is 50.5 Å². The van der Waals surface area contributed by atoms with E-state index in [0.29, 0.717) is 16.1 Å². The third kappa shape index (κ3) is 7.06. The molecule has 3 nitrogen and oxygen atoms in total. The Labute approximate surface area is 113 Å².